The van der Waals surface area contributed by atoms with Gasteiger partial charge in [0, 0.05) is 23.8 Å². The number of ketones is 3. The van der Waals surface area contributed by atoms with E-state index in [9.17, 15) is 29.4 Å². The first-order valence-corrected chi connectivity index (χ1v) is 12.1. The molecule has 7 unspecified atom stereocenters. The van der Waals surface area contributed by atoms with Crippen molar-refractivity contribution in [2.24, 2.45) is 35.3 Å². The largest absolute Gasteiger partial charge is 0.507 e. The number of aromatic hydroxyl groups is 1. The Morgan fingerprint density at radius 1 is 1.29 bits per heavy atom. The number of rotatable bonds is 3. The summed E-state index contributed by atoms with van der Waals surface area (Å²) in [5.74, 6) is -0.0518. The summed E-state index contributed by atoms with van der Waals surface area (Å²) < 4.78 is 0. The molecular formula is C27H32N2O6. The highest BCUT2D eigenvalue weighted by atomic mass is 16.3. The number of nitrogens with zero attached hydrogens (tertiary/aromatic N) is 1. The quantitative estimate of drug-likeness (QED) is 0.435. The van der Waals surface area contributed by atoms with E-state index in [-0.39, 0.29) is 23.7 Å². The van der Waals surface area contributed by atoms with Crippen molar-refractivity contribution >= 4 is 23.3 Å². The van der Waals surface area contributed by atoms with Crippen LogP contribution >= 0.6 is 0 Å². The lowest BCUT2D eigenvalue weighted by Crippen LogP contribution is -2.69. The molecule has 3 aliphatic rings. The Balaban J connectivity index is 1.81. The zero-order valence-electron chi connectivity index (χ0n) is 20.5. The molecule has 4 N–H and O–H groups in total. The van der Waals surface area contributed by atoms with E-state index < -0.39 is 65.0 Å². The van der Waals surface area contributed by atoms with Gasteiger partial charge in [0.2, 0.25) is 5.91 Å². The number of fused-ring (bicyclic) bond motifs is 3. The third kappa shape index (κ3) is 3.87. The highest BCUT2D eigenvalue weighted by Crippen LogP contribution is 2.51. The van der Waals surface area contributed by atoms with Gasteiger partial charge in [-0.05, 0) is 57.0 Å². The van der Waals surface area contributed by atoms with E-state index in [2.05, 4.69) is 11.8 Å². The predicted octanol–water partition coefficient (Wildman–Crippen LogP) is 1.09. The van der Waals surface area contributed by atoms with Crippen molar-refractivity contribution in [3.05, 3.63) is 28.8 Å². The van der Waals surface area contributed by atoms with Crippen LogP contribution in [0, 0.1) is 41.4 Å². The van der Waals surface area contributed by atoms with Crippen molar-refractivity contribution in [1.82, 2.24) is 4.90 Å². The van der Waals surface area contributed by atoms with Crippen molar-refractivity contribution in [3.63, 3.8) is 0 Å². The molecule has 0 bridgehead atoms. The minimum Gasteiger partial charge on any atom is -0.507 e. The Hall–Kier alpha value is -3.02. The van der Waals surface area contributed by atoms with E-state index in [1.165, 1.54) is 6.07 Å². The number of phenols is 1. The lowest BCUT2D eigenvalue weighted by molar-refractivity contribution is -0.176. The van der Waals surface area contributed by atoms with Crippen molar-refractivity contribution in [2.75, 3.05) is 14.1 Å². The maximum Gasteiger partial charge on any atom is 0.228 e. The van der Waals surface area contributed by atoms with Crippen molar-refractivity contribution < 1.29 is 29.4 Å². The molecule has 2 saturated carbocycles. The van der Waals surface area contributed by atoms with Gasteiger partial charge in [0.25, 0.3) is 0 Å². The number of hydrogen-bond donors (Lipinski definition) is 3. The number of carbonyl (C=O) groups is 4. The van der Waals surface area contributed by atoms with Gasteiger partial charge in [-0.15, -0.1) is 0 Å². The molecule has 8 heteroatoms. The Kier molecular flexibility index (Phi) is 6.37. The van der Waals surface area contributed by atoms with Crippen LogP contribution in [0.15, 0.2) is 12.1 Å². The minimum absolute atomic E-state index is 0.0695. The molecule has 0 aliphatic heterocycles. The molecular weight excluding hydrogens is 448 g/mol. The Bertz CT molecular complexity index is 1180. The summed E-state index contributed by atoms with van der Waals surface area (Å²) in [4.78, 5) is 54.2. The third-order valence-corrected chi connectivity index (χ3v) is 8.13. The van der Waals surface area contributed by atoms with Crippen molar-refractivity contribution in [1.29, 1.82) is 0 Å². The summed E-state index contributed by atoms with van der Waals surface area (Å²) >= 11 is 0. The highest BCUT2D eigenvalue weighted by molar-refractivity contribution is 6.17. The normalized spacial score (nSPS) is 32.7. The third-order valence-electron chi connectivity index (χ3n) is 8.13. The van der Waals surface area contributed by atoms with E-state index >= 15 is 0 Å². The molecule has 0 saturated heterocycles. The van der Waals surface area contributed by atoms with Crippen molar-refractivity contribution in [2.45, 2.75) is 51.2 Å². The zero-order valence-corrected chi connectivity index (χ0v) is 20.5. The lowest BCUT2D eigenvalue weighted by Gasteiger charge is -2.53. The van der Waals surface area contributed by atoms with Crippen LogP contribution < -0.4 is 5.73 Å². The maximum atomic E-state index is 13.8. The number of nitrogens with two attached hydrogens (primary N) is 1. The minimum atomic E-state index is -2.04. The van der Waals surface area contributed by atoms with Gasteiger partial charge in [0.1, 0.15) is 17.3 Å². The molecule has 0 radical (unpaired) electrons. The smallest absolute Gasteiger partial charge is 0.228 e. The van der Waals surface area contributed by atoms with E-state index in [0.717, 1.165) is 6.42 Å². The Morgan fingerprint density at radius 3 is 2.57 bits per heavy atom. The van der Waals surface area contributed by atoms with Gasteiger partial charge in [0.05, 0.1) is 17.5 Å². The Labute approximate surface area is 204 Å². The predicted molar refractivity (Wildman–Crippen MR) is 127 cm³/mol. The van der Waals surface area contributed by atoms with Crippen LogP contribution in [0.2, 0.25) is 0 Å². The average Bonchev–Trinajstić information content (AvgIpc) is 2.79. The van der Waals surface area contributed by atoms with Gasteiger partial charge in [-0.3, -0.25) is 24.1 Å². The molecule has 0 spiro atoms. The number of hydrogen-bond acceptors (Lipinski definition) is 7. The first kappa shape index (κ1) is 25.1. The molecule has 0 aromatic heterocycles. The molecule has 7 atom stereocenters. The molecule has 0 heterocycles. The second-order valence-electron chi connectivity index (χ2n) is 10.5. The van der Waals surface area contributed by atoms with Gasteiger partial charge in [-0.25, -0.2) is 0 Å². The van der Waals surface area contributed by atoms with Crippen LogP contribution in [0.4, 0.5) is 0 Å². The van der Waals surface area contributed by atoms with E-state index in [4.69, 9.17) is 5.73 Å². The van der Waals surface area contributed by atoms with Crippen LogP contribution in [0.25, 0.3) is 0 Å². The summed E-state index contributed by atoms with van der Waals surface area (Å²) in [6.45, 7) is 4.03. The number of aliphatic hydroxyl groups is 1. The topological polar surface area (TPSA) is 138 Å². The molecule has 1 aromatic rings. The first-order valence-electron chi connectivity index (χ1n) is 12.1. The van der Waals surface area contributed by atoms with Crippen molar-refractivity contribution in [3.8, 4) is 17.6 Å². The molecule has 1 amide bonds. The molecule has 1 aromatic carbocycles. The molecule has 2 fully saturated rings. The fourth-order valence-electron chi connectivity index (χ4n) is 6.13. The van der Waals surface area contributed by atoms with E-state index in [1.54, 1.807) is 25.1 Å². The van der Waals surface area contributed by atoms with Crippen LogP contribution in [0.5, 0.6) is 5.75 Å². The number of phenolic OH excluding ortho intramolecular Hbond substituents is 1. The number of amides is 1. The SMILES string of the molecule is CCC(C)C#Cc1ccc(O)c2c1CC1CC3C(N(C)C)C(=O)C(C(N)=O)CC3(O)C(=O)C1C2=O. The standard InChI is InChI=1S/C27H32N2O6/c1-5-13(2)6-7-14-8-9-19(30)21-16(14)10-15-11-18-22(29(3)4)23(31)17(26(28)34)12-27(18,35)25(33)20(15)24(21)32/h8-9,13,15,17-18,20,22,30,35H,5,10-12H2,1-4H3,(H2,28,34). The highest BCUT2D eigenvalue weighted by Gasteiger charge is 2.64. The first-order chi connectivity index (χ1) is 16.4. The van der Waals surface area contributed by atoms with Gasteiger partial charge >= 0.3 is 0 Å². The lowest BCUT2D eigenvalue weighted by atomic mass is 9.52. The van der Waals surface area contributed by atoms with Crippen LogP contribution in [0.3, 0.4) is 0 Å². The second-order valence-corrected chi connectivity index (χ2v) is 10.5. The monoisotopic (exact) mass is 480 g/mol. The molecule has 35 heavy (non-hydrogen) atoms. The fraction of sp³-hybridized carbons (Fsp3) is 0.556. The van der Waals surface area contributed by atoms with E-state index in [1.807, 2.05) is 13.8 Å². The summed E-state index contributed by atoms with van der Waals surface area (Å²) in [7, 11) is 3.32. The van der Waals surface area contributed by atoms with Gasteiger partial charge < -0.3 is 15.9 Å². The molecule has 3 aliphatic carbocycles. The summed E-state index contributed by atoms with van der Waals surface area (Å²) in [5.41, 5.74) is 4.72. The Morgan fingerprint density at radius 2 is 1.97 bits per heavy atom. The summed E-state index contributed by atoms with van der Waals surface area (Å²) in [5, 5.41) is 22.2. The van der Waals surface area contributed by atoms with Gasteiger partial charge in [-0.2, -0.15) is 0 Å². The fourth-order valence-corrected chi connectivity index (χ4v) is 6.13. The maximum absolute atomic E-state index is 13.8. The summed E-state index contributed by atoms with van der Waals surface area (Å²) in [6, 6.07) is 2.21. The van der Waals surface area contributed by atoms with Crippen LogP contribution in [0.1, 0.15) is 54.6 Å². The number of Topliss-reactive ketones (excluding diaryl/α,β-unsaturated/α-hetero) is 3. The van der Waals surface area contributed by atoms with Gasteiger partial charge in [0.15, 0.2) is 17.3 Å². The van der Waals surface area contributed by atoms with Gasteiger partial charge in [-0.1, -0.05) is 25.7 Å². The summed E-state index contributed by atoms with van der Waals surface area (Å²) in [6.07, 6.45) is 1.01. The number of benzene rings is 1. The second kappa shape index (κ2) is 8.89. The average molecular weight is 481 g/mol. The number of likely N-dealkylation sites (N-methyl/N-ethyl adjacent to an activating group) is 1. The zero-order chi connectivity index (χ0) is 25.8. The molecule has 4 rings (SSSR count). The number of primary amides is 1. The molecule has 186 valence electrons. The van der Waals surface area contributed by atoms with Crippen LogP contribution in [-0.2, 0) is 20.8 Å². The van der Waals surface area contributed by atoms with E-state index in [0.29, 0.717) is 17.5 Å². The molecule has 8 nitrogen and oxygen atoms in total. The van der Waals surface area contributed by atoms with Crippen LogP contribution in [-0.4, -0.2) is 64.1 Å². The number of carbonyl (C=O) groups excluding carboxylic acids is 4.